The quantitative estimate of drug-likeness (QED) is 0.513. The Hall–Kier alpha value is -3.04. The maximum atomic E-state index is 12.4. The highest BCUT2D eigenvalue weighted by molar-refractivity contribution is 7.13. The van der Waals surface area contributed by atoms with E-state index < -0.39 is 0 Å². The summed E-state index contributed by atoms with van der Waals surface area (Å²) in [5.74, 6) is 1.94. The van der Waals surface area contributed by atoms with Crippen LogP contribution in [-0.2, 0) is 6.54 Å². The number of hydrogen-bond donors (Lipinski definition) is 2. The maximum absolute atomic E-state index is 12.4. The monoisotopic (exact) mass is 403 g/mol. The SMILES string of the molecule is COc1ccc(NCc2cc(=O)n3[nH]c(-c4cccs4)nc3n2)c(OCl)c1. The van der Waals surface area contributed by atoms with Crippen LogP contribution in [0, 0.1) is 0 Å². The Labute approximate surface area is 162 Å². The average molecular weight is 404 g/mol. The number of fused-ring (bicyclic) bond motifs is 1. The second kappa shape index (κ2) is 7.29. The number of benzene rings is 1. The summed E-state index contributed by atoms with van der Waals surface area (Å²) in [6, 6.07) is 10.5. The lowest BCUT2D eigenvalue weighted by atomic mass is 10.2. The summed E-state index contributed by atoms with van der Waals surface area (Å²) in [5, 5.41) is 8.06. The molecule has 3 aromatic heterocycles. The average Bonchev–Trinajstić information content (AvgIpc) is 3.35. The number of methoxy groups -OCH3 is 1. The van der Waals surface area contributed by atoms with Gasteiger partial charge in [0.25, 0.3) is 11.3 Å². The van der Waals surface area contributed by atoms with E-state index in [1.165, 1.54) is 21.9 Å². The van der Waals surface area contributed by atoms with E-state index in [1.807, 2.05) is 17.5 Å². The first-order valence-electron chi connectivity index (χ1n) is 7.91. The highest BCUT2D eigenvalue weighted by atomic mass is 35.5. The van der Waals surface area contributed by atoms with E-state index in [0.29, 0.717) is 41.0 Å². The van der Waals surface area contributed by atoms with Gasteiger partial charge in [0.15, 0.2) is 11.6 Å². The minimum atomic E-state index is -0.240. The molecule has 0 fully saturated rings. The summed E-state index contributed by atoms with van der Waals surface area (Å²) in [4.78, 5) is 22.1. The van der Waals surface area contributed by atoms with Crippen LogP contribution < -0.4 is 19.9 Å². The van der Waals surface area contributed by atoms with E-state index in [4.69, 9.17) is 20.9 Å². The topological polar surface area (TPSA) is 93.5 Å². The molecule has 4 rings (SSSR count). The van der Waals surface area contributed by atoms with Gasteiger partial charge in [-0.2, -0.15) is 9.50 Å². The summed E-state index contributed by atoms with van der Waals surface area (Å²) in [6.07, 6.45) is 0. The highest BCUT2D eigenvalue weighted by Gasteiger charge is 2.11. The predicted molar refractivity (Wildman–Crippen MR) is 104 cm³/mol. The molecule has 0 aliphatic carbocycles. The minimum absolute atomic E-state index is 0.240. The Bertz CT molecular complexity index is 1140. The number of anilines is 1. The fourth-order valence-electron chi connectivity index (χ4n) is 2.57. The van der Waals surface area contributed by atoms with Gasteiger partial charge in [0.1, 0.15) is 17.6 Å². The number of nitrogens with zero attached hydrogens (tertiary/aromatic N) is 3. The van der Waals surface area contributed by atoms with Gasteiger partial charge in [-0.25, -0.2) is 4.98 Å². The molecule has 0 saturated heterocycles. The molecule has 8 nitrogen and oxygen atoms in total. The van der Waals surface area contributed by atoms with Crippen molar-refractivity contribution in [1.29, 1.82) is 0 Å². The number of thiophene rings is 1. The number of nitrogens with one attached hydrogen (secondary N) is 2. The largest absolute Gasteiger partial charge is 0.497 e. The highest BCUT2D eigenvalue weighted by Crippen LogP contribution is 2.30. The minimum Gasteiger partial charge on any atom is -0.497 e. The van der Waals surface area contributed by atoms with E-state index in [0.717, 1.165) is 4.88 Å². The Morgan fingerprint density at radius 2 is 2.19 bits per heavy atom. The predicted octanol–water partition coefficient (Wildman–Crippen LogP) is 3.30. The van der Waals surface area contributed by atoms with E-state index in [2.05, 4.69) is 20.4 Å². The molecule has 0 unspecified atom stereocenters. The first kappa shape index (κ1) is 17.4. The first-order chi connectivity index (χ1) is 13.2. The lowest BCUT2D eigenvalue weighted by Gasteiger charge is -2.10. The number of aromatic nitrogens is 4. The van der Waals surface area contributed by atoms with Gasteiger partial charge < -0.3 is 14.3 Å². The van der Waals surface area contributed by atoms with Crippen LogP contribution in [0.25, 0.3) is 16.5 Å². The van der Waals surface area contributed by atoms with Gasteiger partial charge in [-0.1, -0.05) is 6.07 Å². The summed E-state index contributed by atoms with van der Waals surface area (Å²) >= 11 is 7.05. The molecule has 0 aliphatic rings. The van der Waals surface area contributed by atoms with E-state index in [9.17, 15) is 4.79 Å². The van der Waals surface area contributed by atoms with Crippen molar-refractivity contribution in [2.45, 2.75) is 6.54 Å². The Kier molecular flexibility index (Phi) is 4.69. The molecule has 0 aliphatic heterocycles. The van der Waals surface area contributed by atoms with Crippen LogP contribution in [0.3, 0.4) is 0 Å². The molecule has 0 saturated carbocycles. The Morgan fingerprint density at radius 3 is 2.93 bits per heavy atom. The van der Waals surface area contributed by atoms with Gasteiger partial charge in [-0.05, 0) is 23.6 Å². The molecular formula is C17H14ClN5O3S. The van der Waals surface area contributed by atoms with Gasteiger partial charge in [0, 0.05) is 12.1 Å². The number of ether oxygens (including phenoxy) is 1. The fourth-order valence-corrected chi connectivity index (χ4v) is 3.36. The summed E-state index contributed by atoms with van der Waals surface area (Å²) in [6.45, 7) is 0.298. The van der Waals surface area contributed by atoms with Gasteiger partial charge in [0.05, 0.1) is 29.9 Å². The van der Waals surface area contributed by atoms with Gasteiger partial charge >= 0.3 is 0 Å². The van der Waals surface area contributed by atoms with Crippen molar-refractivity contribution in [3.63, 3.8) is 0 Å². The zero-order chi connectivity index (χ0) is 18.8. The lowest BCUT2D eigenvalue weighted by molar-refractivity contribution is 0.413. The number of halogens is 1. The molecule has 27 heavy (non-hydrogen) atoms. The van der Waals surface area contributed by atoms with Gasteiger partial charge in [-0.3, -0.25) is 9.89 Å². The second-order valence-electron chi connectivity index (χ2n) is 5.56. The Balaban J connectivity index is 1.60. The third-order valence-corrected chi connectivity index (χ3v) is 4.91. The van der Waals surface area contributed by atoms with Crippen LogP contribution in [0.1, 0.15) is 5.69 Å². The number of H-pyrrole nitrogens is 1. The number of hydrogen-bond acceptors (Lipinski definition) is 7. The maximum Gasteiger partial charge on any atom is 0.274 e. The van der Waals surface area contributed by atoms with Crippen LogP contribution >= 0.6 is 23.2 Å². The van der Waals surface area contributed by atoms with E-state index in [1.54, 1.807) is 25.3 Å². The van der Waals surface area contributed by atoms with Crippen molar-refractivity contribution in [3.8, 4) is 22.2 Å². The van der Waals surface area contributed by atoms with Crippen LogP contribution in [0.4, 0.5) is 5.69 Å². The molecule has 2 N–H and O–H groups in total. The van der Waals surface area contributed by atoms with E-state index in [-0.39, 0.29) is 5.56 Å². The van der Waals surface area contributed by atoms with Crippen LogP contribution in [0.2, 0.25) is 0 Å². The molecule has 0 amide bonds. The van der Waals surface area contributed by atoms with Crippen LogP contribution in [-0.4, -0.2) is 26.7 Å². The molecule has 4 aromatic rings. The molecule has 1 aromatic carbocycles. The van der Waals surface area contributed by atoms with Crippen LogP contribution in [0.5, 0.6) is 11.5 Å². The normalized spacial score (nSPS) is 10.9. The molecular weight excluding hydrogens is 390 g/mol. The third-order valence-electron chi connectivity index (χ3n) is 3.87. The van der Waals surface area contributed by atoms with Crippen molar-refractivity contribution in [2.75, 3.05) is 12.4 Å². The first-order valence-corrected chi connectivity index (χ1v) is 9.10. The lowest BCUT2D eigenvalue weighted by Crippen LogP contribution is -2.17. The molecule has 138 valence electrons. The zero-order valence-corrected chi connectivity index (χ0v) is 15.7. The fraction of sp³-hybridized carbons (Fsp3) is 0.118. The number of rotatable bonds is 6. The second-order valence-corrected chi connectivity index (χ2v) is 6.67. The van der Waals surface area contributed by atoms with Crippen molar-refractivity contribution in [2.24, 2.45) is 0 Å². The number of aromatic amines is 1. The van der Waals surface area contributed by atoms with Gasteiger partial charge in [0.2, 0.25) is 0 Å². The summed E-state index contributed by atoms with van der Waals surface area (Å²) in [5.41, 5.74) is 0.949. The molecule has 0 radical (unpaired) electrons. The third kappa shape index (κ3) is 3.46. The van der Waals surface area contributed by atoms with Crippen LogP contribution in [0.15, 0.2) is 46.6 Å². The Morgan fingerprint density at radius 1 is 1.30 bits per heavy atom. The standard InChI is InChI=1S/C17H14ClN5O3S/c1-25-11-4-5-12(13(8-11)26-18)19-9-10-7-15(24)23-17(20-10)21-16(22-23)14-3-2-6-27-14/h2-8,19H,9H2,1H3,(H,20,21,22). The van der Waals surface area contributed by atoms with Crippen molar-refractivity contribution in [3.05, 3.63) is 57.8 Å². The molecule has 0 spiro atoms. The van der Waals surface area contributed by atoms with E-state index >= 15 is 0 Å². The molecule has 0 bridgehead atoms. The van der Waals surface area contributed by atoms with Crippen molar-refractivity contribution < 1.29 is 9.03 Å². The zero-order valence-electron chi connectivity index (χ0n) is 14.1. The molecule has 0 atom stereocenters. The van der Waals surface area contributed by atoms with Crippen molar-refractivity contribution >= 4 is 34.7 Å². The smallest absolute Gasteiger partial charge is 0.274 e. The summed E-state index contributed by atoms with van der Waals surface area (Å²) in [7, 11) is 1.56. The van der Waals surface area contributed by atoms with Gasteiger partial charge in [-0.15, -0.1) is 11.3 Å². The van der Waals surface area contributed by atoms with Crippen molar-refractivity contribution in [1.82, 2.24) is 19.6 Å². The summed E-state index contributed by atoms with van der Waals surface area (Å²) < 4.78 is 11.3. The molecule has 3 heterocycles. The molecule has 10 heteroatoms.